The summed E-state index contributed by atoms with van der Waals surface area (Å²) < 4.78 is 21.9. The fourth-order valence-corrected chi connectivity index (χ4v) is 4.05. The molecule has 2 aromatic rings. The van der Waals surface area contributed by atoms with Crippen molar-refractivity contribution < 1.29 is 64.3 Å². The molecule has 2 aliphatic heterocycles. The number of carbonyl (C=O) groups excluding carboxylic acids is 2. The molecular formula is C23H24O13. The molecule has 0 radical (unpaired) electrons. The van der Waals surface area contributed by atoms with Gasteiger partial charge in [-0.3, -0.25) is 9.59 Å². The Morgan fingerprint density at radius 1 is 1.03 bits per heavy atom. The minimum atomic E-state index is -1.78. The second kappa shape index (κ2) is 9.79. The van der Waals surface area contributed by atoms with Gasteiger partial charge in [-0.15, -0.1) is 0 Å². The van der Waals surface area contributed by atoms with E-state index in [-0.39, 0.29) is 11.3 Å². The molecule has 7 atom stereocenters. The van der Waals surface area contributed by atoms with E-state index in [0.717, 1.165) is 13.0 Å². The van der Waals surface area contributed by atoms with E-state index in [1.807, 2.05) is 0 Å². The summed E-state index contributed by atoms with van der Waals surface area (Å²) in [6.07, 6.45) is -11.3. The van der Waals surface area contributed by atoms with Crippen LogP contribution >= 0.6 is 0 Å². The molecule has 7 N–H and O–H groups in total. The number of phenols is 3. The largest absolute Gasteiger partial charge is 0.508 e. The van der Waals surface area contributed by atoms with Crippen molar-refractivity contribution >= 4 is 11.8 Å². The summed E-state index contributed by atoms with van der Waals surface area (Å²) >= 11 is 0. The molecule has 13 heteroatoms. The quantitative estimate of drug-likeness (QED) is 0.248. The predicted octanol–water partition coefficient (Wildman–Crippen LogP) is -0.770. The number of Topliss-reactive ketones (excluding diaryl/α,β-unsaturated/α-hetero) is 1. The molecule has 4 rings (SSSR count). The lowest BCUT2D eigenvalue weighted by Gasteiger charge is -2.41. The summed E-state index contributed by atoms with van der Waals surface area (Å²) in [7, 11) is 0. The topological polar surface area (TPSA) is 213 Å². The zero-order chi connectivity index (χ0) is 26.3. The maximum absolute atomic E-state index is 13.0. The molecule has 194 valence electrons. The highest BCUT2D eigenvalue weighted by Crippen LogP contribution is 2.50. The van der Waals surface area contributed by atoms with E-state index >= 15 is 0 Å². The Morgan fingerprint density at radius 3 is 2.31 bits per heavy atom. The van der Waals surface area contributed by atoms with Crippen LogP contribution in [0.1, 0.15) is 28.9 Å². The van der Waals surface area contributed by atoms with Crippen molar-refractivity contribution in [3.63, 3.8) is 0 Å². The molecule has 1 saturated heterocycles. The molecule has 13 nitrogen and oxygen atoms in total. The number of ketones is 1. The first-order chi connectivity index (χ1) is 17.0. The van der Waals surface area contributed by atoms with Gasteiger partial charge in [0.1, 0.15) is 35.4 Å². The van der Waals surface area contributed by atoms with Crippen LogP contribution in [-0.4, -0.2) is 90.9 Å². The molecule has 2 heterocycles. The Hall–Kier alpha value is -3.62. The van der Waals surface area contributed by atoms with Crippen LogP contribution in [0.15, 0.2) is 30.3 Å². The molecule has 0 spiro atoms. The van der Waals surface area contributed by atoms with Gasteiger partial charge in [0, 0.05) is 13.0 Å². The lowest BCUT2D eigenvalue weighted by molar-refractivity contribution is -0.282. The van der Waals surface area contributed by atoms with Crippen LogP contribution in [-0.2, 0) is 14.3 Å². The highest BCUT2D eigenvalue weighted by Gasteiger charge is 2.49. The number of rotatable bonds is 5. The summed E-state index contributed by atoms with van der Waals surface area (Å²) in [4.78, 5) is 24.6. The highest BCUT2D eigenvalue weighted by atomic mass is 16.7. The fraction of sp³-hybridized carbons (Fsp3) is 0.391. The van der Waals surface area contributed by atoms with Gasteiger partial charge in [-0.25, -0.2) is 0 Å². The van der Waals surface area contributed by atoms with Crippen LogP contribution in [0.3, 0.4) is 0 Å². The van der Waals surface area contributed by atoms with Crippen LogP contribution in [0, 0.1) is 0 Å². The highest BCUT2D eigenvalue weighted by molar-refractivity contribution is 6.06. The molecule has 1 fully saturated rings. The van der Waals surface area contributed by atoms with E-state index < -0.39 is 89.8 Å². The molecule has 0 saturated carbocycles. The van der Waals surface area contributed by atoms with E-state index in [2.05, 4.69) is 0 Å². The average Bonchev–Trinajstić information content (AvgIpc) is 2.83. The average molecular weight is 508 g/mol. The van der Waals surface area contributed by atoms with Gasteiger partial charge in [-0.2, -0.15) is 0 Å². The molecular weight excluding hydrogens is 484 g/mol. The van der Waals surface area contributed by atoms with E-state index in [1.165, 1.54) is 24.3 Å². The number of carbonyl (C=O) groups is 2. The van der Waals surface area contributed by atoms with Gasteiger partial charge in [-0.05, 0) is 17.7 Å². The van der Waals surface area contributed by atoms with Gasteiger partial charge >= 0.3 is 5.97 Å². The minimum Gasteiger partial charge on any atom is -0.508 e. The van der Waals surface area contributed by atoms with E-state index in [0.29, 0.717) is 0 Å². The number of aromatic hydroxyl groups is 3. The Bertz CT molecular complexity index is 1150. The predicted molar refractivity (Wildman–Crippen MR) is 116 cm³/mol. The van der Waals surface area contributed by atoms with Crippen molar-refractivity contribution in [2.24, 2.45) is 0 Å². The molecule has 2 aliphatic rings. The fourth-order valence-electron chi connectivity index (χ4n) is 4.05. The van der Waals surface area contributed by atoms with Gasteiger partial charge in [0.15, 0.2) is 29.8 Å². The summed E-state index contributed by atoms with van der Waals surface area (Å²) in [5.41, 5.74) is -0.261. The second-order valence-corrected chi connectivity index (χ2v) is 8.29. The first-order valence-corrected chi connectivity index (χ1v) is 10.8. The third-order valence-corrected chi connectivity index (χ3v) is 5.82. The number of hydrogen-bond donors (Lipinski definition) is 7. The number of fused-ring (bicyclic) bond motifs is 1. The Labute approximate surface area is 203 Å². The molecule has 0 aliphatic carbocycles. The standard InChI is InChI=1S/C23H24O13/c1-8(25)33-22-17(31)15(29)13(7-24)34-23(22)36-20-12(28)6-11(27)14-16(30)18(32)19(35-21(14)20)9-2-4-10(26)5-3-9/h2-6,13,15,17-19,22-24,26-29,31-32H,7H2,1H3/t13-,15+,17-,18-,19-,22+,23-/m0/s1. The maximum atomic E-state index is 13.0. The minimum absolute atomic E-state index is 0.0831. The maximum Gasteiger partial charge on any atom is 0.303 e. The van der Waals surface area contributed by atoms with Crippen LogP contribution < -0.4 is 9.47 Å². The van der Waals surface area contributed by atoms with Gasteiger partial charge in [-0.1, -0.05) is 12.1 Å². The zero-order valence-electron chi connectivity index (χ0n) is 18.7. The van der Waals surface area contributed by atoms with Crippen molar-refractivity contribution in [1.29, 1.82) is 0 Å². The smallest absolute Gasteiger partial charge is 0.303 e. The van der Waals surface area contributed by atoms with E-state index in [4.69, 9.17) is 18.9 Å². The Balaban J connectivity index is 1.77. The second-order valence-electron chi connectivity index (χ2n) is 8.29. The first kappa shape index (κ1) is 25.5. The van der Waals surface area contributed by atoms with Crippen LogP contribution in [0.25, 0.3) is 0 Å². The number of aliphatic hydroxyl groups is 4. The SMILES string of the molecule is CC(=O)O[C@H]1[C@H](Oc2c(O)cc(O)c3c2O[C@@H](c2ccc(O)cc2)[C@@H](O)C3=O)O[C@@H](CO)[C@@H](O)[C@@H]1O. The number of ether oxygens (including phenoxy) is 4. The monoisotopic (exact) mass is 508 g/mol. The molecule has 0 bridgehead atoms. The van der Waals surface area contributed by atoms with Crippen LogP contribution in [0.4, 0.5) is 0 Å². The van der Waals surface area contributed by atoms with Crippen molar-refractivity contribution in [2.45, 2.75) is 49.8 Å². The van der Waals surface area contributed by atoms with Gasteiger partial charge in [0.25, 0.3) is 0 Å². The molecule has 0 aromatic heterocycles. The summed E-state index contributed by atoms with van der Waals surface area (Å²) in [5, 5.41) is 71.0. The third kappa shape index (κ3) is 4.50. The van der Waals surface area contributed by atoms with Crippen LogP contribution in [0.5, 0.6) is 28.7 Å². The zero-order valence-corrected chi connectivity index (χ0v) is 18.7. The van der Waals surface area contributed by atoms with E-state index in [1.54, 1.807) is 0 Å². The van der Waals surface area contributed by atoms with E-state index in [9.17, 15) is 45.3 Å². The van der Waals surface area contributed by atoms with Gasteiger partial charge in [0.2, 0.25) is 17.8 Å². The Kier molecular flexibility index (Phi) is 6.93. The van der Waals surface area contributed by atoms with Crippen molar-refractivity contribution in [3.8, 4) is 28.7 Å². The normalized spacial score (nSPS) is 29.7. The molecule has 0 unspecified atom stereocenters. The first-order valence-electron chi connectivity index (χ1n) is 10.8. The number of aliphatic hydroxyl groups excluding tert-OH is 4. The molecule has 0 amide bonds. The number of phenolic OH excluding ortho intramolecular Hbond substituents is 3. The molecule has 36 heavy (non-hydrogen) atoms. The van der Waals surface area contributed by atoms with Crippen molar-refractivity contribution in [1.82, 2.24) is 0 Å². The van der Waals surface area contributed by atoms with Crippen molar-refractivity contribution in [3.05, 3.63) is 41.5 Å². The lowest BCUT2D eigenvalue weighted by atomic mass is 9.92. The van der Waals surface area contributed by atoms with Gasteiger partial charge in [0.05, 0.1) is 6.61 Å². The number of benzene rings is 2. The summed E-state index contributed by atoms with van der Waals surface area (Å²) in [6, 6.07) is 6.11. The molecule has 2 aromatic carbocycles. The van der Waals surface area contributed by atoms with Gasteiger partial charge < -0.3 is 54.7 Å². The Morgan fingerprint density at radius 2 is 1.69 bits per heavy atom. The number of esters is 1. The lowest BCUT2D eigenvalue weighted by Crippen LogP contribution is -2.61. The van der Waals surface area contributed by atoms with Crippen molar-refractivity contribution in [2.75, 3.05) is 6.61 Å². The summed E-state index contributed by atoms with van der Waals surface area (Å²) in [6.45, 7) is 0.272. The summed E-state index contributed by atoms with van der Waals surface area (Å²) in [5.74, 6) is -4.47. The number of hydrogen-bond acceptors (Lipinski definition) is 13. The van der Waals surface area contributed by atoms with Crippen LogP contribution in [0.2, 0.25) is 0 Å². The third-order valence-electron chi connectivity index (χ3n) is 5.82.